The number of nitrogens with zero attached hydrogens (tertiary/aromatic N) is 2. The van der Waals surface area contributed by atoms with Crippen molar-refractivity contribution in [3.8, 4) is 0 Å². The Hall–Kier alpha value is -1.06. The first-order valence-corrected chi connectivity index (χ1v) is 7.96. The molecule has 1 aliphatic heterocycles. The second-order valence-electron chi connectivity index (χ2n) is 4.51. The van der Waals surface area contributed by atoms with Gasteiger partial charge in [-0.2, -0.15) is 0 Å². The fourth-order valence-corrected chi connectivity index (χ4v) is 2.85. The van der Waals surface area contributed by atoms with Gasteiger partial charge < -0.3 is 9.84 Å². The number of aromatic nitrogens is 1. The first-order chi connectivity index (χ1) is 9.62. The summed E-state index contributed by atoms with van der Waals surface area (Å²) in [6, 6.07) is 2.94. The van der Waals surface area contributed by atoms with Crippen molar-refractivity contribution in [2.45, 2.75) is 11.6 Å². The molecule has 2 heterocycles. The summed E-state index contributed by atoms with van der Waals surface area (Å²) in [5.74, 6) is 0. The molecule has 7 nitrogen and oxygen atoms in total. The first-order valence-electron chi connectivity index (χ1n) is 6.47. The minimum atomic E-state index is -3.59. The Morgan fingerprint density at radius 3 is 2.70 bits per heavy atom. The van der Waals surface area contributed by atoms with Gasteiger partial charge in [0.2, 0.25) is 0 Å². The van der Waals surface area contributed by atoms with Crippen molar-refractivity contribution >= 4 is 10.0 Å². The standard InChI is InChI=1S/C12H19N3O4S/c16-10-11-1-2-12(13-9-11)20(17,18)14-3-4-15-5-7-19-8-6-15/h1-2,9,14,16H,3-8,10H2. The summed E-state index contributed by atoms with van der Waals surface area (Å²) < 4.78 is 31.7. The molecule has 112 valence electrons. The van der Waals surface area contributed by atoms with Crippen molar-refractivity contribution in [2.75, 3.05) is 39.4 Å². The van der Waals surface area contributed by atoms with E-state index in [2.05, 4.69) is 14.6 Å². The van der Waals surface area contributed by atoms with Crippen LogP contribution in [-0.2, 0) is 21.4 Å². The zero-order valence-electron chi connectivity index (χ0n) is 11.2. The van der Waals surface area contributed by atoms with Crippen molar-refractivity contribution < 1.29 is 18.3 Å². The summed E-state index contributed by atoms with van der Waals surface area (Å²) in [6.07, 6.45) is 1.36. The van der Waals surface area contributed by atoms with Gasteiger partial charge in [0.05, 0.1) is 19.8 Å². The molecule has 1 aliphatic rings. The first kappa shape index (κ1) is 15.3. The zero-order chi connectivity index (χ0) is 14.4. The molecule has 0 radical (unpaired) electrons. The molecule has 0 amide bonds. The van der Waals surface area contributed by atoms with Crippen LogP contribution < -0.4 is 4.72 Å². The van der Waals surface area contributed by atoms with E-state index in [1.165, 1.54) is 12.3 Å². The van der Waals surface area contributed by atoms with Gasteiger partial charge in [0.25, 0.3) is 10.0 Å². The summed E-state index contributed by atoms with van der Waals surface area (Å²) in [7, 11) is -3.59. The van der Waals surface area contributed by atoms with Crippen molar-refractivity contribution in [3.63, 3.8) is 0 Å². The highest BCUT2D eigenvalue weighted by atomic mass is 32.2. The molecule has 0 unspecified atom stereocenters. The molecule has 0 spiro atoms. The van der Waals surface area contributed by atoms with Gasteiger partial charge in [-0.1, -0.05) is 6.07 Å². The van der Waals surface area contributed by atoms with E-state index in [1.54, 1.807) is 6.07 Å². The highest BCUT2D eigenvalue weighted by Gasteiger charge is 2.16. The number of hydrogen-bond donors (Lipinski definition) is 2. The molecule has 1 aromatic heterocycles. The lowest BCUT2D eigenvalue weighted by atomic mass is 10.3. The van der Waals surface area contributed by atoms with Crippen LogP contribution in [-0.4, -0.2) is 62.8 Å². The minimum absolute atomic E-state index is 0.0309. The topological polar surface area (TPSA) is 91.8 Å². The van der Waals surface area contributed by atoms with Crippen LogP contribution in [0.4, 0.5) is 0 Å². The molecule has 0 atom stereocenters. The molecule has 1 saturated heterocycles. The molecular formula is C12H19N3O4S. The van der Waals surface area contributed by atoms with Crippen molar-refractivity contribution in [2.24, 2.45) is 0 Å². The Bertz CT molecular complexity index is 512. The number of sulfonamides is 1. The Balaban J connectivity index is 1.86. The van der Waals surface area contributed by atoms with Crippen LogP contribution >= 0.6 is 0 Å². The van der Waals surface area contributed by atoms with E-state index in [1.807, 2.05) is 0 Å². The van der Waals surface area contributed by atoms with Crippen LogP contribution in [0.5, 0.6) is 0 Å². The highest BCUT2D eigenvalue weighted by molar-refractivity contribution is 7.89. The molecule has 2 N–H and O–H groups in total. The highest BCUT2D eigenvalue weighted by Crippen LogP contribution is 2.06. The molecule has 1 aromatic rings. The molecule has 0 aliphatic carbocycles. The Morgan fingerprint density at radius 1 is 1.35 bits per heavy atom. The Labute approximate surface area is 118 Å². The summed E-state index contributed by atoms with van der Waals surface area (Å²) in [6.45, 7) is 3.87. The lowest BCUT2D eigenvalue weighted by Crippen LogP contribution is -2.41. The Morgan fingerprint density at radius 2 is 2.10 bits per heavy atom. The molecule has 2 rings (SSSR count). The number of morpholine rings is 1. The van der Waals surface area contributed by atoms with Gasteiger partial charge in [-0.15, -0.1) is 0 Å². The van der Waals surface area contributed by atoms with Crippen LogP contribution in [0.1, 0.15) is 5.56 Å². The van der Waals surface area contributed by atoms with Gasteiger partial charge >= 0.3 is 0 Å². The van der Waals surface area contributed by atoms with E-state index in [-0.39, 0.29) is 11.6 Å². The van der Waals surface area contributed by atoms with E-state index < -0.39 is 10.0 Å². The quantitative estimate of drug-likeness (QED) is 0.713. The fraction of sp³-hybridized carbons (Fsp3) is 0.583. The Kier molecular flexibility index (Phi) is 5.44. The second-order valence-corrected chi connectivity index (χ2v) is 6.23. The van der Waals surface area contributed by atoms with Crippen LogP contribution in [0.2, 0.25) is 0 Å². The number of pyridine rings is 1. The predicted octanol–water partition coefficient (Wildman–Crippen LogP) is -0.816. The maximum absolute atomic E-state index is 12.0. The predicted molar refractivity (Wildman–Crippen MR) is 72.6 cm³/mol. The smallest absolute Gasteiger partial charge is 0.258 e. The monoisotopic (exact) mass is 301 g/mol. The third-order valence-corrected chi connectivity index (χ3v) is 4.46. The molecule has 0 aromatic carbocycles. The molecule has 8 heteroatoms. The number of rotatable bonds is 6. The third-order valence-electron chi connectivity index (χ3n) is 3.08. The normalized spacial score (nSPS) is 17.2. The van der Waals surface area contributed by atoms with E-state index in [4.69, 9.17) is 9.84 Å². The average Bonchev–Trinajstić information content (AvgIpc) is 2.48. The van der Waals surface area contributed by atoms with E-state index in [0.29, 0.717) is 31.9 Å². The van der Waals surface area contributed by atoms with Gasteiger partial charge in [0, 0.05) is 32.4 Å². The lowest BCUT2D eigenvalue weighted by molar-refractivity contribution is 0.0390. The van der Waals surface area contributed by atoms with Gasteiger partial charge in [-0.25, -0.2) is 18.1 Å². The summed E-state index contributed by atoms with van der Waals surface area (Å²) in [5.41, 5.74) is 0.581. The number of aliphatic hydroxyl groups excluding tert-OH is 1. The van der Waals surface area contributed by atoms with Crippen molar-refractivity contribution in [1.29, 1.82) is 0 Å². The molecule has 0 saturated carbocycles. The lowest BCUT2D eigenvalue weighted by Gasteiger charge is -2.26. The molecule has 20 heavy (non-hydrogen) atoms. The van der Waals surface area contributed by atoms with E-state index >= 15 is 0 Å². The summed E-state index contributed by atoms with van der Waals surface area (Å²) in [5, 5.41) is 8.87. The van der Waals surface area contributed by atoms with Gasteiger partial charge in [-0.3, -0.25) is 4.90 Å². The largest absolute Gasteiger partial charge is 0.392 e. The fourth-order valence-electron chi connectivity index (χ4n) is 1.90. The zero-order valence-corrected chi connectivity index (χ0v) is 12.0. The van der Waals surface area contributed by atoms with Crippen molar-refractivity contribution in [3.05, 3.63) is 23.9 Å². The number of hydrogen-bond acceptors (Lipinski definition) is 6. The SMILES string of the molecule is O=S(=O)(NCCN1CCOCC1)c1ccc(CO)cn1. The van der Waals surface area contributed by atoms with Crippen LogP contribution in [0, 0.1) is 0 Å². The van der Waals surface area contributed by atoms with Crippen molar-refractivity contribution in [1.82, 2.24) is 14.6 Å². The molecular weight excluding hydrogens is 282 g/mol. The van der Waals surface area contributed by atoms with Crippen LogP contribution in [0.15, 0.2) is 23.4 Å². The maximum atomic E-state index is 12.0. The number of aliphatic hydroxyl groups is 1. The third kappa shape index (κ3) is 4.22. The maximum Gasteiger partial charge on any atom is 0.258 e. The number of nitrogens with one attached hydrogen (secondary N) is 1. The number of ether oxygens (including phenoxy) is 1. The summed E-state index contributed by atoms with van der Waals surface area (Å²) in [4.78, 5) is 5.99. The minimum Gasteiger partial charge on any atom is -0.392 e. The van der Waals surface area contributed by atoms with E-state index in [0.717, 1.165) is 13.1 Å². The van der Waals surface area contributed by atoms with Crippen LogP contribution in [0.3, 0.4) is 0 Å². The van der Waals surface area contributed by atoms with Gasteiger partial charge in [0.15, 0.2) is 5.03 Å². The average molecular weight is 301 g/mol. The van der Waals surface area contributed by atoms with Gasteiger partial charge in [-0.05, 0) is 11.6 Å². The molecule has 1 fully saturated rings. The van der Waals surface area contributed by atoms with Gasteiger partial charge in [0.1, 0.15) is 0 Å². The van der Waals surface area contributed by atoms with Crippen LogP contribution in [0.25, 0.3) is 0 Å². The summed E-state index contributed by atoms with van der Waals surface area (Å²) >= 11 is 0. The molecule has 0 bridgehead atoms. The van der Waals surface area contributed by atoms with E-state index in [9.17, 15) is 8.42 Å². The second kappa shape index (κ2) is 7.09.